The number of halogens is 1. The van der Waals surface area contributed by atoms with Crippen LogP contribution in [0.25, 0.3) is 5.65 Å². The summed E-state index contributed by atoms with van der Waals surface area (Å²) in [6, 6.07) is 21.8. The Kier molecular flexibility index (Phi) is 13.5. The normalized spacial score (nSPS) is 15.4. The van der Waals surface area contributed by atoms with Crippen molar-refractivity contribution in [1.82, 2.24) is 24.9 Å². The van der Waals surface area contributed by atoms with E-state index in [4.69, 9.17) is 40.3 Å². The third-order valence-electron chi connectivity index (χ3n) is 9.75. The van der Waals surface area contributed by atoms with Gasteiger partial charge in [0.05, 0.1) is 74.7 Å². The predicted octanol–water partition coefficient (Wildman–Crippen LogP) is 5.76. The minimum atomic E-state index is -0.938. The zero-order valence-corrected chi connectivity index (χ0v) is 33.9. The van der Waals surface area contributed by atoms with E-state index in [0.717, 1.165) is 16.9 Å². The molecule has 1 amide bonds. The maximum absolute atomic E-state index is 13.4. The first-order valence-corrected chi connectivity index (χ1v) is 19.0. The molecule has 18 heteroatoms. The number of carbonyl (C=O) groups is 2. The number of fused-ring (bicyclic) bond motifs is 1. The summed E-state index contributed by atoms with van der Waals surface area (Å²) in [5.41, 5.74) is 3.44. The van der Waals surface area contributed by atoms with Crippen LogP contribution in [0.3, 0.4) is 0 Å². The molecular weight excluding hydrogens is 780 g/mol. The van der Waals surface area contributed by atoms with Gasteiger partial charge in [0.15, 0.2) is 23.3 Å². The van der Waals surface area contributed by atoms with E-state index in [2.05, 4.69) is 32.9 Å². The number of ether oxygens (including phenoxy) is 5. The fourth-order valence-electron chi connectivity index (χ4n) is 6.50. The van der Waals surface area contributed by atoms with Crippen molar-refractivity contribution in [3.05, 3.63) is 94.3 Å². The minimum absolute atomic E-state index is 0.0922. The second-order valence-electron chi connectivity index (χ2n) is 13.5. The largest absolute Gasteiger partial charge is 0.497 e. The molecule has 17 nitrogen and oxygen atoms in total. The number of esters is 1. The van der Waals surface area contributed by atoms with Gasteiger partial charge in [-0.05, 0) is 67.8 Å². The first-order chi connectivity index (χ1) is 28.6. The lowest BCUT2D eigenvalue weighted by atomic mass is 10.0. The molecule has 59 heavy (non-hydrogen) atoms. The Morgan fingerprint density at radius 3 is 2.34 bits per heavy atom. The summed E-state index contributed by atoms with van der Waals surface area (Å²) in [5, 5.41) is 30.8. The summed E-state index contributed by atoms with van der Waals surface area (Å²) in [4.78, 5) is 38.9. The van der Waals surface area contributed by atoms with Crippen molar-refractivity contribution < 1.29 is 33.3 Å². The highest BCUT2D eigenvalue weighted by Crippen LogP contribution is 2.38. The number of rotatable bonds is 15. The lowest BCUT2D eigenvalue weighted by molar-refractivity contribution is -0.164. The van der Waals surface area contributed by atoms with Gasteiger partial charge in [0, 0.05) is 19.6 Å². The van der Waals surface area contributed by atoms with Crippen LogP contribution in [0.15, 0.2) is 66.9 Å². The number of methoxy groups -OCH3 is 3. The number of carbonyl (C=O) groups excluding carboxylic acids is 2. The number of nitriles is 2. The van der Waals surface area contributed by atoms with E-state index in [-0.39, 0.29) is 35.4 Å². The molecule has 1 aliphatic heterocycles. The standard InChI is InChI=1S/C41H43ClN10O7/c1-6-50(22-26-7-11-30(55-3)12-8-26)38-37-45-21-29(20-44)52(37)49-40(48-38)46-33-17-28(19-43)18-34(36(33)42)51-16-15-32(47-41(54)57-5)35(23-51)59-39(53)25(2)58-24-27-9-13-31(56-4)14-10-27/h7-14,17-18,21,25,32,35H,6,15-16,22-24H2,1-5H3,(H,46,49)(H,47,54)/t25-,32+,35+/m0/s1. The maximum atomic E-state index is 13.4. The van der Waals surface area contributed by atoms with Crippen LogP contribution in [-0.2, 0) is 32.2 Å². The Labute approximate surface area is 346 Å². The smallest absolute Gasteiger partial charge is 0.407 e. The van der Waals surface area contributed by atoms with Gasteiger partial charge in [0.1, 0.15) is 23.7 Å². The Balaban J connectivity index is 1.26. The Hall–Kier alpha value is -6.82. The molecule has 2 N–H and O–H groups in total. The fraction of sp³-hybridized carbons (Fsp3) is 0.341. The van der Waals surface area contributed by atoms with Crippen molar-refractivity contribution in [2.75, 3.05) is 56.1 Å². The van der Waals surface area contributed by atoms with Crippen LogP contribution in [0, 0.1) is 22.7 Å². The number of benzene rings is 3. The SMILES string of the molecule is CCN(Cc1ccc(OC)cc1)c1nc(Nc2cc(C#N)cc(N3CC[C@@H](NC(=O)OC)[C@H](OC(=O)[C@H](C)OCc4ccc(OC)cc4)C3)c2Cl)nn2c(C#N)cnc12. The van der Waals surface area contributed by atoms with E-state index >= 15 is 0 Å². The molecule has 6 rings (SSSR count). The van der Waals surface area contributed by atoms with Crippen molar-refractivity contribution in [3.63, 3.8) is 0 Å². The number of imidazole rings is 1. The van der Waals surface area contributed by atoms with Gasteiger partial charge in [-0.25, -0.2) is 14.6 Å². The van der Waals surface area contributed by atoms with E-state index in [9.17, 15) is 20.1 Å². The van der Waals surface area contributed by atoms with Gasteiger partial charge in [-0.1, -0.05) is 35.9 Å². The number of anilines is 4. The van der Waals surface area contributed by atoms with Crippen LogP contribution in [0.2, 0.25) is 5.02 Å². The third-order valence-corrected chi connectivity index (χ3v) is 10.1. The van der Waals surface area contributed by atoms with Crippen molar-refractivity contribution >= 4 is 52.5 Å². The van der Waals surface area contributed by atoms with Gasteiger partial charge in [-0.2, -0.15) is 20.0 Å². The average Bonchev–Trinajstić information content (AvgIpc) is 3.69. The average molecular weight is 823 g/mol. The molecule has 3 aromatic carbocycles. The van der Waals surface area contributed by atoms with Crippen LogP contribution in [-0.4, -0.2) is 90.9 Å². The summed E-state index contributed by atoms with van der Waals surface area (Å²) in [6.45, 7) is 5.20. The molecule has 306 valence electrons. The lowest BCUT2D eigenvalue weighted by Crippen LogP contribution is -2.56. The summed E-state index contributed by atoms with van der Waals surface area (Å²) in [7, 11) is 4.44. The fourth-order valence-corrected chi connectivity index (χ4v) is 6.77. The number of nitrogens with zero attached hydrogens (tertiary/aromatic N) is 8. The summed E-state index contributed by atoms with van der Waals surface area (Å²) in [6.07, 6.45) is -0.706. The van der Waals surface area contributed by atoms with E-state index in [0.29, 0.717) is 54.6 Å². The maximum Gasteiger partial charge on any atom is 0.407 e. The Morgan fingerprint density at radius 1 is 1.02 bits per heavy atom. The number of amides is 1. The van der Waals surface area contributed by atoms with Crippen LogP contribution < -0.4 is 29.9 Å². The molecule has 1 fully saturated rings. The third kappa shape index (κ3) is 9.84. The molecule has 0 spiro atoms. The number of piperidine rings is 1. The van der Waals surface area contributed by atoms with Crippen molar-refractivity contribution in [3.8, 4) is 23.6 Å². The molecule has 0 aliphatic carbocycles. The molecule has 0 saturated carbocycles. The van der Waals surface area contributed by atoms with Gasteiger partial charge in [0.2, 0.25) is 5.95 Å². The van der Waals surface area contributed by atoms with E-state index in [1.165, 1.54) is 17.8 Å². The topological polar surface area (TPSA) is 201 Å². The number of alkyl carbamates (subject to hydrolysis) is 1. The molecular formula is C41H43ClN10O7. The molecule has 3 heterocycles. The van der Waals surface area contributed by atoms with E-state index in [1.54, 1.807) is 45.4 Å². The molecule has 0 bridgehead atoms. The number of nitrogens with one attached hydrogen (secondary N) is 2. The van der Waals surface area contributed by atoms with E-state index in [1.807, 2.05) is 53.1 Å². The highest BCUT2D eigenvalue weighted by Gasteiger charge is 2.36. The monoisotopic (exact) mass is 822 g/mol. The molecule has 1 saturated heterocycles. The number of hydrogen-bond acceptors (Lipinski definition) is 15. The Morgan fingerprint density at radius 2 is 1.71 bits per heavy atom. The van der Waals surface area contributed by atoms with E-state index < -0.39 is 30.3 Å². The van der Waals surface area contributed by atoms with Gasteiger partial charge in [0.25, 0.3) is 0 Å². The zero-order chi connectivity index (χ0) is 42.1. The van der Waals surface area contributed by atoms with Crippen molar-refractivity contribution in [1.29, 1.82) is 10.5 Å². The lowest BCUT2D eigenvalue weighted by Gasteiger charge is -2.40. The van der Waals surface area contributed by atoms with Gasteiger partial charge >= 0.3 is 12.1 Å². The number of hydrogen-bond donors (Lipinski definition) is 2. The highest BCUT2D eigenvalue weighted by molar-refractivity contribution is 6.36. The highest BCUT2D eigenvalue weighted by atomic mass is 35.5. The van der Waals surface area contributed by atoms with Crippen molar-refractivity contribution in [2.24, 2.45) is 0 Å². The Bertz CT molecular complexity index is 2360. The first kappa shape index (κ1) is 41.8. The van der Waals surface area contributed by atoms with Crippen LogP contribution in [0.5, 0.6) is 11.5 Å². The van der Waals surface area contributed by atoms with Gasteiger partial charge in [-0.15, -0.1) is 5.10 Å². The van der Waals surface area contributed by atoms with Crippen molar-refractivity contribution in [2.45, 2.75) is 51.7 Å². The quantitative estimate of drug-likeness (QED) is 0.121. The molecule has 0 radical (unpaired) electrons. The summed E-state index contributed by atoms with van der Waals surface area (Å²) < 4.78 is 28.6. The zero-order valence-electron chi connectivity index (χ0n) is 33.1. The predicted molar refractivity (Wildman–Crippen MR) is 218 cm³/mol. The number of aromatic nitrogens is 4. The second kappa shape index (κ2) is 19.1. The molecule has 3 atom stereocenters. The second-order valence-corrected chi connectivity index (χ2v) is 13.8. The summed E-state index contributed by atoms with van der Waals surface area (Å²) >= 11 is 7.12. The van der Waals surface area contributed by atoms with Crippen LogP contribution in [0.4, 0.5) is 27.9 Å². The van der Waals surface area contributed by atoms with Gasteiger partial charge in [-0.3, -0.25) is 0 Å². The molecule has 1 aliphatic rings. The minimum Gasteiger partial charge on any atom is -0.497 e. The van der Waals surface area contributed by atoms with Crippen LogP contribution >= 0.6 is 11.6 Å². The van der Waals surface area contributed by atoms with Gasteiger partial charge < -0.3 is 44.1 Å². The summed E-state index contributed by atoms with van der Waals surface area (Å²) in [5.74, 6) is 1.35. The molecule has 2 aromatic heterocycles. The molecule has 0 unspecified atom stereocenters. The van der Waals surface area contributed by atoms with Crippen LogP contribution in [0.1, 0.15) is 42.7 Å². The molecule has 5 aromatic rings. The first-order valence-electron chi connectivity index (χ1n) is 18.7.